The third-order valence-electron chi connectivity index (χ3n) is 7.60. The first kappa shape index (κ1) is 38.4. The van der Waals surface area contributed by atoms with Crippen molar-refractivity contribution in [1.82, 2.24) is 4.57 Å². The first-order valence-corrected chi connectivity index (χ1v) is 15.2. The normalized spacial score (nSPS) is 10.6. The molecule has 250 valence electrons. The number of benzene rings is 3. The summed E-state index contributed by atoms with van der Waals surface area (Å²) in [5.41, 5.74) is 14.4. The van der Waals surface area contributed by atoms with Crippen molar-refractivity contribution < 1.29 is 19.1 Å². The third kappa shape index (κ3) is 10.1. The zero-order chi connectivity index (χ0) is 31.5. The molecule has 0 saturated carbocycles. The molecule has 10 nitrogen and oxygen atoms in total. The van der Waals surface area contributed by atoms with E-state index in [1.807, 2.05) is 36.4 Å². The molecule has 46 heavy (non-hydrogen) atoms. The summed E-state index contributed by atoms with van der Waals surface area (Å²) >= 11 is 0. The number of anilines is 2. The number of unbranched alkanes of at least 4 members (excludes halogenated alkanes) is 4. The lowest BCUT2D eigenvalue weighted by Crippen LogP contribution is -2.16. The van der Waals surface area contributed by atoms with Gasteiger partial charge in [0.1, 0.15) is 11.5 Å². The van der Waals surface area contributed by atoms with Gasteiger partial charge in [0.25, 0.3) is 0 Å². The zero-order valence-electron chi connectivity index (χ0n) is 26.4. The Kier molecular flexibility index (Phi) is 15.8. The lowest BCUT2D eigenvalue weighted by molar-refractivity contribution is -0.117. The smallest absolute Gasteiger partial charge is 0.224 e. The number of carbonyl (C=O) groups is 2. The van der Waals surface area contributed by atoms with Gasteiger partial charge in [-0.1, -0.05) is 12.8 Å². The van der Waals surface area contributed by atoms with Crippen LogP contribution in [0, 0.1) is 0 Å². The topological polar surface area (TPSA) is 151 Å². The van der Waals surface area contributed by atoms with Crippen molar-refractivity contribution in [2.45, 2.75) is 57.9 Å². The number of nitrogens with one attached hydrogen (secondary N) is 2. The summed E-state index contributed by atoms with van der Waals surface area (Å²) in [5, 5.41) is 6.78. The highest BCUT2D eigenvalue weighted by Gasteiger charge is 2.15. The summed E-state index contributed by atoms with van der Waals surface area (Å²) in [6, 6.07) is 16.4. The van der Waals surface area contributed by atoms with E-state index in [1.54, 1.807) is 32.4 Å². The van der Waals surface area contributed by atoms with Crippen LogP contribution in [0.3, 0.4) is 0 Å². The zero-order valence-corrected chi connectivity index (χ0v) is 28.1. The largest absolute Gasteiger partial charge is 0.497 e. The van der Waals surface area contributed by atoms with Crippen LogP contribution in [0.1, 0.15) is 56.9 Å². The Labute approximate surface area is 282 Å². The van der Waals surface area contributed by atoms with Crippen molar-refractivity contribution in [1.29, 1.82) is 0 Å². The summed E-state index contributed by atoms with van der Waals surface area (Å²) in [4.78, 5) is 39.2. The number of pyridine rings is 1. The number of carbonyl (C=O) groups excluding carboxylic acids is 2. The van der Waals surface area contributed by atoms with Crippen LogP contribution in [-0.2, 0) is 16.1 Å². The molecule has 2 amide bonds. The van der Waals surface area contributed by atoms with E-state index in [0.29, 0.717) is 77.2 Å². The molecule has 6 N–H and O–H groups in total. The Morgan fingerprint density at radius 3 is 1.54 bits per heavy atom. The van der Waals surface area contributed by atoms with Crippen LogP contribution in [0.2, 0.25) is 0 Å². The molecule has 0 atom stereocenters. The number of hydrogen-bond donors (Lipinski definition) is 4. The van der Waals surface area contributed by atoms with Gasteiger partial charge in [0.15, 0.2) is 5.43 Å². The Morgan fingerprint density at radius 2 is 1.13 bits per heavy atom. The summed E-state index contributed by atoms with van der Waals surface area (Å²) in [6.45, 7) is 1.63. The predicted octanol–water partition coefficient (Wildman–Crippen LogP) is 5.98. The summed E-state index contributed by atoms with van der Waals surface area (Å²) in [7, 11) is 3.20. The highest BCUT2D eigenvalue weighted by Crippen LogP contribution is 2.28. The Bertz CT molecular complexity index is 1570. The van der Waals surface area contributed by atoms with E-state index in [-0.39, 0.29) is 42.1 Å². The van der Waals surface area contributed by atoms with Crippen LogP contribution in [0.5, 0.6) is 11.5 Å². The second-order valence-corrected chi connectivity index (χ2v) is 10.9. The van der Waals surface area contributed by atoms with Gasteiger partial charge in [-0.05, 0) is 92.9 Å². The summed E-state index contributed by atoms with van der Waals surface area (Å²) in [6.07, 6.45) is 5.80. The fourth-order valence-corrected chi connectivity index (χ4v) is 5.31. The maximum absolute atomic E-state index is 14.0. The van der Waals surface area contributed by atoms with Crippen LogP contribution in [0.4, 0.5) is 11.4 Å². The highest BCUT2D eigenvalue weighted by molar-refractivity contribution is 6.00. The molecule has 0 spiro atoms. The van der Waals surface area contributed by atoms with Crippen molar-refractivity contribution in [3.05, 3.63) is 70.4 Å². The van der Waals surface area contributed by atoms with Crippen molar-refractivity contribution in [3.8, 4) is 11.5 Å². The minimum Gasteiger partial charge on any atom is -0.497 e. The van der Waals surface area contributed by atoms with E-state index in [4.69, 9.17) is 20.9 Å². The third-order valence-corrected chi connectivity index (χ3v) is 7.60. The monoisotopic (exact) mass is 673 g/mol. The quantitative estimate of drug-likeness (QED) is 0.0844. The molecule has 12 heteroatoms. The molecule has 0 bridgehead atoms. The molecule has 0 saturated heterocycles. The molecule has 4 rings (SSSR count). The number of nitrogens with zero attached hydrogens (tertiary/aromatic N) is 1. The van der Waals surface area contributed by atoms with Crippen LogP contribution < -0.4 is 37.0 Å². The number of halogens is 2. The van der Waals surface area contributed by atoms with E-state index >= 15 is 0 Å². The fourth-order valence-electron chi connectivity index (χ4n) is 5.31. The summed E-state index contributed by atoms with van der Waals surface area (Å²) in [5.74, 6) is 1.09. The average Bonchev–Trinajstić information content (AvgIpc) is 3.03. The Hall–Kier alpha value is -3.83. The maximum atomic E-state index is 14.0. The molecule has 4 aromatic rings. The van der Waals surface area contributed by atoms with Crippen molar-refractivity contribution in [2.24, 2.45) is 11.5 Å². The van der Waals surface area contributed by atoms with Crippen LogP contribution in [0.25, 0.3) is 21.8 Å². The lowest BCUT2D eigenvalue weighted by atomic mass is 10.1. The van der Waals surface area contributed by atoms with E-state index in [1.165, 1.54) is 0 Å². The van der Waals surface area contributed by atoms with Crippen LogP contribution in [0.15, 0.2) is 59.4 Å². The van der Waals surface area contributed by atoms with Gasteiger partial charge in [0.05, 0.1) is 25.3 Å². The van der Waals surface area contributed by atoms with Crippen molar-refractivity contribution >= 4 is 69.8 Å². The van der Waals surface area contributed by atoms with Gasteiger partial charge in [-0.3, -0.25) is 14.4 Å². The van der Waals surface area contributed by atoms with Crippen molar-refractivity contribution in [2.75, 3.05) is 37.9 Å². The van der Waals surface area contributed by atoms with E-state index < -0.39 is 0 Å². The van der Waals surface area contributed by atoms with Gasteiger partial charge in [-0.2, -0.15) is 0 Å². The van der Waals surface area contributed by atoms with E-state index in [0.717, 1.165) is 44.1 Å². The molecule has 0 radical (unpaired) electrons. The Balaban J connectivity index is 0.00000368. The molecular weight excluding hydrogens is 629 g/mol. The number of hydrogen-bond acceptors (Lipinski definition) is 7. The van der Waals surface area contributed by atoms with Crippen LogP contribution >= 0.6 is 24.8 Å². The molecule has 0 aliphatic rings. The standard InChI is InChI=1S/C34H43N5O5.2ClH/c1-43-26-17-23(18-27(21-26)44-2)22-39-30-13-11-24(37-32(40)9-5-3-7-15-35)19-28(30)34(42)29-20-25(12-14-31(29)39)38-33(41)10-6-4-8-16-36;;/h11-14,17-21H,3-10,15-16,22,35-36H2,1-2H3,(H,37,40)(H,38,41);2*1H. The molecule has 1 heterocycles. The number of ether oxygens (including phenoxy) is 2. The maximum Gasteiger partial charge on any atom is 0.224 e. The van der Waals surface area contributed by atoms with Gasteiger partial charge in [0.2, 0.25) is 11.8 Å². The number of methoxy groups -OCH3 is 2. The molecule has 0 aliphatic heterocycles. The molecule has 0 aliphatic carbocycles. The highest BCUT2D eigenvalue weighted by atomic mass is 35.5. The Morgan fingerprint density at radius 1 is 0.674 bits per heavy atom. The van der Waals surface area contributed by atoms with E-state index in [2.05, 4.69) is 15.2 Å². The molecule has 0 fully saturated rings. The number of aromatic nitrogens is 1. The molecule has 3 aromatic carbocycles. The van der Waals surface area contributed by atoms with Crippen molar-refractivity contribution in [3.63, 3.8) is 0 Å². The average molecular weight is 675 g/mol. The number of nitrogens with two attached hydrogens (primary N) is 2. The molecular formula is C34H45Cl2N5O5. The van der Waals surface area contributed by atoms with Crippen LogP contribution in [-0.4, -0.2) is 43.7 Å². The van der Waals surface area contributed by atoms with Gasteiger partial charge >= 0.3 is 0 Å². The molecule has 0 unspecified atom stereocenters. The first-order chi connectivity index (χ1) is 21.4. The van der Waals surface area contributed by atoms with E-state index in [9.17, 15) is 14.4 Å². The number of fused-ring (bicyclic) bond motifs is 2. The minimum atomic E-state index is -0.187. The summed E-state index contributed by atoms with van der Waals surface area (Å²) < 4.78 is 13.0. The molecule has 1 aromatic heterocycles. The lowest BCUT2D eigenvalue weighted by Gasteiger charge is -2.18. The van der Waals surface area contributed by atoms with Gasteiger partial charge in [0, 0.05) is 47.6 Å². The first-order valence-electron chi connectivity index (χ1n) is 15.2. The van der Waals surface area contributed by atoms with Gasteiger partial charge in [-0.25, -0.2) is 0 Å². The van der Waals surface area contributed by atoms with Gasteiger partial charge < -0.3 is 36.1 Å². The number of rotatable bonds is 16. The second kappa shape index (κ2) is 19.0. The predicted molar refractivity (Wildman–Crippen MR) is 191 cm³/mol. The SMILES string of the molecule is COc1cc(Cn2c3ccc(NC(=O)CCCCCN)cc3c(=O)c3cc(NC(=O)CCCCCN)ccc32)cc(OC)c1.Cl.Cl. The van der Waals surface area contributed by atoms with Gasteiger partial charge in [-0.15, -0.1) is 24.8 Å². The fraction of sp³-hybridized carbons (Fsp3) is 0.382. The minimum absolute atomic E-state index is 0. The second-order valence-electron chi connectivity index (χ2n) is 10.9. The number of amides is 2.